The van der Waals surface area contributed by atoms with Crippen molar-refractivity contribution in [1.29, 1.82) is 0 Å². The Kier molecular flexibility index (Phi) is 7.67. The predicted octanol–water partition coefficient (Wildman–Crippen LogP) is 6.18. The van der Waals surface area contributed by atoms with Crippen LogP contribution in [0.1, 0.15) is 41.3 Å². The topological polar surface area (TPSA) is 35.5 Å². The van der Waals surface area contributed by atoms with Gasteiger partial charge in [0.2, 0.25) is 5.82 Å². The SMILES string of the molecule is CCCCOc1ccc(C#Cc2ccc(C(=O)Oc3cc(F)c(F)c(F)c3)cc2)c(F)c1F. The first kappa shape index (κ1) is 23.8. The third-order valence-corrected chi connectivity index (χ3v) is 4.43. The highest BCUT2D eigenvalue weighted by Gasteiger charge is 2.15. The minimum atomic E-state index is -1.67. The number of esters is 1. The van der Waals surface area contributed by atoms with Crippen LogP contribution in [0.2, 0.25) is 0 Å². The average molecular weight is 460 g/mol. The number of rotatable bonds is 6. The van der Waals surface area contributed by atoms with Gasteiger partial charge in [-0.15, -0.1) is 0 Å². The molecular weight excluding hydrogens is 443 g/mol. The molecule has 0 bridgehead atoms. The molecule has 3 aromatic carbocycles. The van der Waals surface area contributed by atoms with Gasteiger partial charge in [0.05, 0.1) is 17.7 Å². The molecule has 8 heteroatoms. The Balaban J connectivity index is 1.70. The van der Waals surface area contributed by atoms with Crippen molar-refractivity contribution in [2.45, 2.75) is 19.8 Å². The number of carbonyl (C=O) groups is 1. The molecule has 0 aliphatic rings. The highest BCUT2D eigenvalue weighted by molar-refractivity contribution is 5.91. The van der Waals surface area contributed by atoms with E-state index in [1.54, 1.807) is 0 Å². The third-order valence-electron chi connectivity index (χ3n) is 4.43. The van der Waals surface area contributed by atoms with Gasteiger partial charge in [-0.2, -0.15) is 4.39 Å². The Morgan fingerprint density at radius 3 is 2.15 bits per heavy atom. The van der Waals surface area contributed by atoms with Crippen molar-refractivity contribution in [3.05, 3.63) is 94.3 Å². The second-order valence-electron chi connectivity index (χ2n) is 6.86. The Morgan fingerprint density at radius 1 is 0.848 bits per heavy atom. The van der Waals surface area contributed by atoms with E-state index >= 15 is 0 Å². The van der Waals surface area contributed by atoms with E-state index in [0.717, 1.165) is 6.42 Å². The molecule has 0 fully saturated rings. The monoisotopic (exact) mass is 460 g/mol. The summed E-state index contributed by atoms with van der Waals surface area (Å²) >= 11 is 0. The molecule has 0 heterocycles. The van der Waals surface area contributed by atoms with Crippen LogP contribution in [0.15, 0.2) is 48.5 Å². The normalized spacial score (nSPS) is 10.4. The molecule has 33 heavy (non-hydrogen) atoms. The first-order valence-corrected chi connectivity index (χ1v) is 9.89. The van der Waals surface area contributed by atoms with Gasteiger partial charge in [0.25, 0.3) is 0 Å². The van der Waals surface area contributed by atoms with Crippen molar-refractivity contribution in [1.82, 2.24) is 0 Å². The molecule has 0 unspecified atom stereocenters. The van der Waals surface area contributed by atoms with Gasteiger partial charge in [-0.3, -0.25) is 0 Å². The molecule has 170 valence electrons. The van der Waals surface area contributed by atoms with Crippen LogP contribution in [-0.4, -0.2) is 12.6 Å². The van der Waals surface area contributed by atoms with E-state index in [2.05, 4.69) is 11.8 Å². The molecule has 0 amide bonds. The lowest BCUT2D eigenvalue weighted by Crippen LogP contribution is -2.09. The Hall–Kier alpha value is -3.86. The lowest BCUT2D eigenvalue weighted by atomic mass is 10.1. The fourth-order valence-electron chi connectivity index (χ4n) is 2.65. The second-order valence-corrected chi connectivity index (χ2v) is 6.86. The van der Waals surface area contributed by atoms with Crippen LogP contribution in [-0.2, 0) is 0 Å². The molecule has 0 aliphatic heterocycles. The van der Waals surface area contributed by atoms with Crippen molar-refractivity contribution >= 4 is 5.97 Å². The summed E-state index contributed by atoms with van der Waals surface area (Å²) in [6.45, 7) is 2.22. The minimum absolute atomic E-state index is 0.0245. The Labute approximate surface area is 186 Å². The standard InChI is InChI=1S/C25H17F5O3/c1-2-3-12-32-21-11-10-16(22(28)24(21)30)7-4-15-5-8-17(9-6-15)25(31)33-18-13-19(26)23(29)20(27)14-18/h5-6,8-11,13-14H,2-3,12H2,1H3. The van der Waals surface area contributed by atoms with E-state index in [1.165, 1.54) is 36.4 Å². The summed E-state index contributed by atoms with van der Waals surface area (Å²) in [4.78, 5) is 12.1. The van der Waals surface area contributed by atoms with Gasteiger partial charge in [0.1, 0.15) is 5.75 Å². The maximum Gasteiger partial charge on any atom is 0.343 e. The largest absolute Gasteiger partial charge is 0.490 e. The smallest absolute Gasteiger partial charge is 0.343 e. The van der Waals surface area contributed by atoms with Gasteiger partial charge in [-0.05, 0) is 42.8 Å². The zero-order valence-corrected chi connectivity index (χ0v) is 17.4. The van der Waals surface area contributed by atoms with Crippen LogP contribution < -0.4 is 9.47 Å². The van der Waals surface area contributed by atoms with Gasteiger partial charge < -0.3 is 9.47 Å². The van der Waals surface area contributed by atoms with Crippen molar-refractivity contribution in [3.63, 3.8) is 0 Å². The van der Waals surface area contributed by atoms with E-state index in [9.17, 15) is 26.7 Å². The minimum Gasteiger partial charge on any atom is -0.490 e. The molecule has 0 aromatic heterocycles. The highest BCUT2D eigenvalue weighted by Crippen LogP contribution is 2.23. The summed E-state index contributed by atoms with van der Waals surface area (Å²) in [7, 11) is 0. The van der Waals surface area contributed by atoms with Crippen molar-refractivity contribution in [2.75, 3.05) is 6.61 Å². The van der Waals surface area contributed by atoms with Crippen LogP contribution in [0.25, 0.3) is 0 Å². The molecule has 0 spiro atoms. The highest BCUT2D eigenvalue weighted by atomic mass is 19.2. The maximum absolute atomic E-state index is 14.2. The van der Waals surface area contributed by atoms with Crippen molar-refractivity contribution < 1.29 is 36.2 Å². The lowest BCUT2D eigenvalue weighted by Gasteiger charge is -2.07. The van der Waals surface area contributed by atoms with Crippen molar-refractivity contribution in [2.24, 2.45) is 0 Å². The number of unbranched alkanes of at least 4 members (excludes halogenated alkanes) is 1. The fourth-order valence-corrected chi connectivity index (χ4v) is 2.65. The summed E-state index contributed by atoms with van der Waals surface area (Å²) < 4.78 is 77.9. The second kappa shape index (κ2) is 10.6. The number of benzene rings is 3. The molecule has 3 nitrogen and oxygen atoms in total. The average Bonchev–Trinajstić information content (AvgIpc) is 2.80. The predicted molar refractivity (Wildman–Crippen MR) is 110 cm³/mol. The number of halogens is 5. The van der Waals surface area contributed by atoms with Gasteiger partial charge in [0.15, 0.2) is 29.0 Å². The summed E-state index contributed by atoms with van der Waals surface area (Å²) in [5.74, 6) is -3.37. The number of carbonyl (C=O) groups excluding carboxylic acids is 1. The number of hydrogen-bond acceptors (Lipinski definition) is 3. The molecule has 0 atom stereocenters. The zero-order chi connectivity index (χ0) is 24.0. The van der Waals surface area contributed by atoms with Crippen LogP contribution in [0, 0.1) is 40.9 Å². The number of hydrogen-bond donors (Lipinski definition) is 0. The van der Waals surface area contributed by atoms with Crippen LogP contribution in [0.4, 0.5) is 22.0 Å². The lowest BCUT2D eigenvalue weighted by molar-refractivity contribution is 0.0733. The zero-order valence-electron chi connectivity index (χ0n) is 17.4. The first-order chi connectivity index (χ1) is 15.8. The quantitative estimate of drug-likeness (QED) is 0.110. The molecule has 0 saturated heterocycles. The molecule has 0 N–H and O–H groups in total. The Morgan fingerprint density at radius 2 is 1.52 bits per heavy atom. The molecule has 0 aliphatic carbocycles. The van der Waals surface area contributed by atoms with Crippen LogP contribution in [0.3, 0.4) is 0 Å². The summed E-state index contributed by atoms with van der Waals surface area (Å²) in [5, 5.41) is 0. The molecule has 3 rings (SSSR count). The van der Waals surface area contributed by atoms with E-state index < -0.39 is 40.8 Å². The number of ether oxygens (including phenoxy) is 2. The van der Waals surface area contributed by atoms with Crippen LogP contribution >= 0.6 is 0 Å². The van der Waals surface area contributed by atoms with Gasteiger partial charge in [-0.25, -0.2) is 22.4 Å². The summed E-state index contributed by atoms with van der Waals surface area (Å²) in [6, 6.07) is 9.19. The molecular formula is C25H17F5O3. The van der Waals surface area contributed by atoms with E-state index in [-0.39, 0.29) is 23.5 Å². The molecule has 3 aromatic rings. The summed E-state index contributed by atoms with van der Waals surface area (Å²) in [5.41, 5.74) is 0.240. The van der Waals surface area contributed by atoms with E-state index in [0.29, 0.717) is 24.1 Å². The van der Waals surface area contributed by atoms with Crippen molar-refractivity contribution in [3.8, 4) is 23.3 Å². The fraction of sp³-hybridized carbons (Fsp3) is 0.160. The van der Waals surface area contributed by atoms with Gasteiger partial charge in [0, 0.05) is 17.7 Å². The van der Waals surface area contributed by atoms with Gasteiger partial charge in [-0.1, -0.05) is 25.2 Å². The Bertz CT molecular complexity index is 1200. The van der Waals surface area contributed by atoms with Gasteiger partial charge >= 0.3 is 5.97 Å². The first-order valence-electron chi connectivity index (χ1n) is 9.89. The van der Waals surface area contributed by atoms with Crippen LogP contribution in [0.5, 0.6) is 11.5 Å². The summed E-state index contributed by atoms with van der Waals surface area (Å²) in [6.07, 6.45) is 1.57. The third kappa shape index (κ3) is 5.89. The molecule has 0 saturated carbocycles. The molecule has 0 radical (unpaired) electrons. The van der Waals surface area contributed by atoms with E-state index in [4.69, 9.17) is 9.47 Å². The van der Waals surface area contributed by atoms with E-state index in [1.807, 2.05) is 6.92 Å². The maximum atomic E-state index is 14.2.